The molecule has 2 heteroatoms. The number of benzene rings is 2. The highest BCUT2D eigenvalue weighted by Gasteiger charge is 2.03. The summed E-state index contributed by atoms with van der Waals surface area (Å²) < 4.78 is 4.93. The maximum Gasteiger partial charge on any atom is 0.305 e. The molecule has 2 rings (SSSR count). The molecule has 0 spiro atoms. The molecule has 0 aliphatic carbocycles. The van der Waals surface area contributed by atoms with Gasteiger partial charge in [0.05, 0.1) is 6.61 Å². The predicted octanol–water partition coefficient (Wildman–Crippen LogP) is 4.12. The first kappa shape index (κ1) is 13.6. The minimum Gasteiger partial charge on any atom is -0.466 e. The van der Waals surface area contributed by atoms with E-state index in [1.54, 1.807) is 0 Å². The van der Waals surface area contributed by atoms with Gasteiger partial charge in [-0.1, -0.05) is 42.5 Å². The third kappa shape index (κ3) is 3.82. The molecule has 0 aliphatic rings. The van der Waals surface area contributed by atoms with Gasteiger partial charge in [-0.3, -0.25) is 4.79 Å². The molecule has 100 valence electrons. The fraction of sp³-hybridized carbons (Fsp3) is 0.353. The van der Waals surface area contributed by atoms with Crippen LogP contribution in [0.1, 0.15) is 31.7 Å². The van der Waals surface area contributed by atoms with Gasteiger partial charge in [0, 0.05) is 6.42 Å². The molecule has 0 atom stereocenters. The quantitative estimate of drug-likeness (QED) is 0.574. The minimum atomic E-state index is -0.0829. The fourth-order valence-electron chi connectivity index (χ4n) is 2.33. The Morgan fingerprint density at radius 3 is 2.68 bits per heavy atom. The zero-order chi connectivity index (χ0) is 13.5. The van der Waals surface area contributed by atoms with Gasteiger partial charge in [-0.25, -0.2) is 0 Å². The molecular weight excluding hydrogens is 236 g/mol. The molecular formula is C17H20O2. The first-order valence-electron chi connectivity index (χ1n) is 6.93. The SMILES string of the molecule is CCOC(=O)CCCCc1cccc2ccccc12. The van der Waals surface area contributed by atoms with Gasteiger partial charge < -0.3 is 4.74 Å². The van der Waals surface area contributed by atoms with Gasteiger partial charge >= 0.3 is 5.97 Å². The Morgan fingerprint density at radius 1 is 1.05 bits per heavy atom. The van der Waals surface area contributed by atoms with Crippen molar-refractivity contribution in [1.82, 2.24) is 0 Å². The molecule has 0 heterocycles. The van der Waals surface area contributed by atoms with E-state index >= 15 is 0 Å². The summed E-state index contributed by atoms with van der Waals surface area (Å²) in [6.45, 7) is 2.32. The van der Waals surface area contributed by atoms with E-state index in [2.05, 4.69) is 42.5 Å². The highest BCUT2D eigenvalue weighted by atomic mass is 16.5. The molecule has 0 aromatic heterocycles. The van der Waals surface area contributed by atoms with Crippen molar-refractivity contribution in [2.45, 2.75) is 32.6 Å². The van der Waals surface area contributed by atoms with E-state index < -0.39 is 0 Å². The van der Waals surface area contributed by atoms with E-state index in [-0.39, 0.29) is 5.97 Å². The lowest BCUT2D eigenvalue weighted by Crippen LogP contribution is -2.03. The monoisotopic (exact) mass is 256 g/mol. The van der Waals surface area contributed by atoms with Crippen LogP contribution in [0.3, 0.4) is 0 Å². The fourth-order valence-corrected chi connectivity index (χ4v) is 2.33. The number of rotatable bonds is 6. The Kier molecular flexibility index (Phi) is 4.96. The molecule has 2 aromatic rings. The summed E-state index contributed by atoms with van der Waals surface area (Å²) in [6.07, 6.45) is 3.45. The Morgan fingerprint density at radius 2 is 1.84 bits per heavy atom. The average molecular weight is 256 g/mol. The van der Waals surface area contributed by atoms with Gasteiger partial charge in [-0.2, -0.15) is 0 Å². The van der Waals surface area contributed by atoms with E-state index in [9.17, 15) is 4.79 Å². The standard InChI is InChI=1S/C17H20O2/c1-2-19-17(18)13-6-4-9-15-11-7-10-14-8-3-5-12-16(14)15/h3,5,7-8,10-12H,2,4,6,9,13H2,1H3. The van der Waals surface area contributed by atoms with E-state index in [1.807, 2.05) is 6.92 Å². The Labute approximate surface area is 114 Å². The number of fused-ring (bicyclic) bond motifs is 1. The van der Waals surface area contributed by atoms with Crippen molar-refractivity contribution in [1.29, 1.82) is 0 Å². The van der Waals surface area contributed by atoms with Crippen LogP contribution in [-0.2, 0) is 16.0 Å². The number of ether oxygens (including phenoxy) is 1. The second-order valence-corrected chi connectivity index (χ2v) is 4.65. The topological polar surface area (TPSA) is 26.3 Å². The van der Waals surface area contributed by atoms with Crippen molar-refractivity contribution < 1.29 is 9.53 Å². The third-order valence-corrected chi connectivity index (χ3v) is 3.26. The smallest absolute Gasteiger partial charge is 0.305 e. The molecule has 19 heavy (non-hydrogen) atoms. The van der Waals surface area contributed by atoms with Crippen molar-refractivity contribution in [3.8, 4) is 0 Å². The summed E-state index contributed by atoms with van der Waals surface area (Å²) in [5.41, 5.74) is 1.36. The van der Waals surface area contributed by atoms with Crippen LogP contribution in [0.15, 0.2) is 42.5 Å². The van der Waals surface area contributed by atoms with Crippen LogP contribution < -0.4 is 0 Å². The lowest BCUT2D eigenvalue weighted by atomic mass is 10.00. The number of aryl methyl sites for hydroxylation is 1. The second-order valence-electron chi connectivity index (χ2n) is 4.65. The van der Waals surface area contributed by atoms with E-state index in [4.69, 9.17) is 4.74 Å². The van der Waals surface area contributed by atoms with Crippen LogP contribution in [-0.4, -0.2) is 12.6 Å². The number of hydrogen-bond donors (Lipinski definition) is 0. The summed E-state index contributed by atoms with van der Waals surface area (Å²) in [5, 5.41) is 2.60. The number of carbonyl (C=O) groups is 1. The molecule has 2 aromatic carbocycles. The summed E-state index contributed by atoms with van der Waals surface area (Å²) in [5.74, 6) is -0.0829. The van der Waals surface area contributed by atoms with Gasteiger partial charge in [-0.05, 0) is 42.5 Å². The number of esters is 1. The molecule has 0 saturated carbocycles. The molecule has 0 aliphatic heterocycles. The van der Waals surface area contributed by atoms with Crippen LogP contribution in [0.25, 0.3) is 10.8 Å². The van der Waals surface area contributed by atoms with Crippen LogP contribution in [0, 0.1) is 0 Å². The maximum absolute atomic E-state index is 11.2. The van der Waals surface area contributed by atoms with Gasteiger partial charge in [0.25, 0.3) is 0 Å². The van der Waals surface area contributed by atoms with E-state index in [0.717, 1.165) is 19.3 Å². The first-order chi connectivity index (χ1) is 9.31. The lowest BCUT2D eigenvalue weighted by Gasteiger charge is -2.06. The average Bonchev–Trinajstić information content (AvgIpc) is 2.44. The molecule has 0 fully saturated rings. The second kappa shape index (κ2) is 6.93. The molecule has 2 nitrogen and oxygen atoms in total. The number of hydrogen-bond acceptors (Lipinski definition) is 2. The van der Waals surface area contributed by atoms with E-state index in [0.29, 0.717) is 13.0 Å². The van der Waals surface area contributed by atoms with Crippen LogP contribution >= 0.6 is 0 Å². The maximum atomic E-state index is 11.2. The summed E-state index contributed by atoms with van der Waals surface area (Å²) in [7, 11) is 0. The van der Waals surface area contributed by atoms with Crippen LogP contribution in [0.4, 0.5) is 0 Å². The Bertz CT molecular complexity index is 540. The van der Waals surface area contributed by atoms with Crippen molar-refractivity contribution >= 4 is 16.7 Å². The Hall–Kier alpha value is -1.83. The first-order valence-corrected chi connectivity index (χ1v) is 6.93. The zero-order valence-electron chi connectivity index (χ0n) is 11.4. The molecule has 0 saturated heterocycles. The molecule has 0 N–H and O–H groups in total. The summed E-state index contributed by atoms with van der Waals surface area (Å²) in [6, 6.07) is 14.8. The van der Waals surface area contributed by atoms with Crippen molar-refractivity contribution in [2.75, 3.05) is 6.61 Å². The molecule has 0 amide bonds. The number of carbonyl (C=O) groups excluding carboxylic acids is 1. The molecule has 0 unspecified atom stereocenters. The lowest BCUT2D eigenvalue weighted by molar-refractivity contribution is -0.143. The van der Waals surface area contributed by atoms with Gasteiger partial charge in [0.15, 0.2) is 0 Å². The normalized spacial score (nSPS) is 10.6. The molecule has 0 bridgehead atoms. The van der Waals surface area contributed by atoms with Crippen LogP contribution in [0.2, 0.25) is 0 Å². The van der Waals surface area contributed by atoms with Crippen LogP contribution in [0.5, 0.6) is 0 Å². The van der Waals surface area contributed by atoms with Gasteiger partial charge in [0.2, 0.25) is 0 Å². The third-order valence-electron chi connectivity index (χ3n) is 3.26. The number of unbranched alkanes of at least 4 members (excludes halogenated alkanes) is 1. The summed E-state index contributed by atoms with van der Waals surface area (Å²) in [4.78, 5) is 11.2. The van der Waals surface area contributed by atoms with Crippen molar-refractivity contribution in [3.63, 3.8) is 0 Å². The minimum absolute atomic E-state index is 0.0829. The highest BCUT2D eigenvalue weighted by Crippen LogP contribution is 2.20. The zero-order valence-corrected chi connectivity index (χ0v) is 11.4. The largest absolute Gasteiger partial charge is 0.466 e. The Balaban J connectivity index is 1.90. The predicted molar refractivity (Wildman–Crippen MR) is 78.1 cm³/mol. The summed E-state index contributed by atoms with van der Waals surface area (Å²) >= 11 is 0. The van der Waals surface area contributed by atoms with E-state index in [1.165, 1.54) is 16.3 Å². The van der Waals surface area contributed by atoms with Gasteiger partial charge in [0.1, 0.15) is 0 Å². The highest BCUT2D eigenvalue weighted by molar-refractivity contribution is 5.85. The van der Waals surface area contributed by atoms with Crippen molar-refractivity contribution in [2.24, 2.45) is 0 Å². The molecule has 0 radical (unpaired) electrons. The van der Waals surface area contributed by atoms with Gasteiger partial charge in [-0.15, -0.1) is 0 Å². The van der Waals surface area contributed by atoms with Crippen molar-refractivity contribution in [3.05, 3.63) is 48.0 Å².